The summed E-state index contributed by atoms with van der Waals surface area (Å²) >= 11 is 3.01. The van der Waals surface area contributed by atoms with Crippen LogP contribution in [0.5, 0.6) is 5.75 Å². The van der Waals surface area contributed by atoms with Crippen molar-refractivity contribution in [3.05, 3.63) is 51.8 Å². The maximum Gasteiger partial charge on any atom is 0.261 e. The average molecular weight is 371 g/mol. The molecule has 3 heterocycles. The highest BCUT2D eigenvalue weighted by molar-refractivity contribution is 7.21. The van der Waals surface area contributed by atoms with Gasteiger partial charge in [0, 0.05) is 11.6 Å². The molecular weight excluding hydrogens is 354 g/mol. The van der Waals surface area contributed by atoms with Crippen LogP contribution in [0, 0.1) is 13.8 Å². The van der Waals surface area contributed by atoms with E-state index in [0.717, 1.165) is 32.2 Å². The molecule has 4 rings (SSSR count). The Morgan fingerprint density at radius 2 is 2.12 bits per heavy atom. The SMILES string of the molecule is Cc1cccc(C)c1OCCNC(=O)c1cc2c(nc3sccn32)s1. The Morgan fingerprint density at radius 1 is 1.32 bits per heavy atom. The Kier molecular flexibility index (Phi) is 4.19. The first-order chi connectivity index (χ1) is 12.1. The maximum absolute atomic E-state index is 12.3. The van der Waals surface area contributed by atoms with Gasteiger partial charge in [-0.05, 0) is 31.0 Å². The molecule has 0 atom stereocenters. The third-order valence-electron chi connectivity index (χ3n) is 4.01. The summed E-state index contributed by atoms with van der Waals surface area (Å²) < 4.78 is 7.83. The Bertz CT molecular complexity index is 1040. The van der Waals surface area contributed by atoms with Crippen molar-refractivity contribution in [3.8, 4) is 5.75 Å². The van der Waals surface area contributed by atoms with Gasteiger partial charge in [0.2, 0.25) is 0 Å². The second-order valence-electron chi connectivity index (χ2n) is 5.79. The van der Waals surface area contributed by atoms with Crippen molar-refractivity contribution >= 4 is 43.9 Å². The highest BCUT2D eigenvalue weighted by atomic mass is 32.1. The van der Waals surface area contributed by atoms with E-state index in [0.29, 0.717) is 18.0 Å². The number of fused-ring (bicyclic) bond motifs is 3. The number of nitrogens with one attached hydrogen (secondary N) is 1. The minimum Gasteiger partial charge on any atom is -0.491 e. The van der Waals surface area contributed by atoms with Crippen LogP contribution in [0.3, 0.4) is 0 Å². The zero-order valence-corrected chi connectivity index (χ0v) is 15.5. The number of aryl methyl sites for hydroxylation is 2. The van der Waals surface area contributed by atoms with E-state index in [1.165, 1.54) is 11.3 Å². The Balaban J connectivity index is 1.38. The Hall–Kier alpha value is -2.38. The zero-order valence-electron chi connectivity index (χ0n) is 13.9. The van der Waals surface area contributed by atoms with Gasteiger partial charge in [0.25, 0.3) is 5.91 Å². The summed E-state index contributed by atoms with van der Waals surface area (Å²) in [5, 5.41) is 4.90. The average Bonchev–Trinajstić information content (AvgIpc) is 3.25. The molecule has 0 bridgehead atoms. The van der Waals surface area contributed by atoms with Gasteiger partial charge in [-0.25, -0.2) is 4.98 Å². The highest BCUT2D eigenvalue weighted by Gasteiger charge is 2.14. The number of para-hydroxylation sites is 1. The molecule has 128 valence electrons. The predicted molar refractivity (Wildman–Crippen MR) is 102 cm³/mol. The molecule has 5 nitrogen and oxygen atoms in total. The standard InChI is InChI=1S/C18H17N3O2S2/c1-11-4-3-5-12(2)15(11)23-8-6-19-16(22)14-10-13-17(25-14)20-18-21(13)7-9-24-18/h3-5,7,9-10H,6,8H2,1-2H3,(H,19,22). The van der Waals surface area contributed by atoms with Crippen molar-refractivity contribution in [2.24, 2.45) is 0 Å². The molecule has 0 aliphatic rings. The number of hydrogen-bond donors (Lipinski definition) is 1. The predicted octanol–water partition coefficient (Wildman–Crippen LogP) is 4.04. The fraction of sp³-hybridized carbons (Fsp3) is 0.222. The van der Waals surface area contributed by atoms with Crippen LogP contribution >= 0.6 is 22.7 Å². The van der Waals surface area contributed by atoms with Crippen molar-refractivity contribution < 1.29 is 9.53 Å². The molecule has 0 fully saturated rings. The van der Waals surface area contributed by atoms with E-state index in [2.05, 4.69) is 10.3 Å². The number of nitrogens with zero attached hydrogens (tertiary/aromatic N) is 2. The lowest BCUT2D eigenvalue weighted by Crippen LogP contribution is -2.27. The first-order valence-corrected chi connectivity index (χ1v) is 9.65. The third kappa shape index (κ3) is 3.01. The molecule has 0 spiro atoms. The van der Waals surface area contributed by atoms with Crippen LogP contribution in [0.2, 0.25) is 0 Å². The molecule has 0 aliphatic heterocycles. The lowest BCUT2D eigenvalue weighted by molar-refractivity contribution is 0.0951. The minimum atomic E-state index is -0.0860. The Labute approximate surface area is 152 Å². The highest BCUT2D eigenvalue weighted by Crippen LogP contribution is 2.28. The van der Waals surface area contributed by atoms with Gasteiger partial charge in [-0.1, -0.05) is 18.2 Å². The molecule has 25 heavy (non-hydrogen) atoms. The number of rotatable bonds is 5. The summed E-state index contributed by atoms with van der Waals surface area (Å²) in [6.45, 7) is 4.95. The second-order valence-corrected chi connectivity index (χ2v) is 7.70. The van der Waals surface area contributed by atoms with Crippen LogP contribution in [0.4, 0.5) is 0 Å². The molecular formula is C18H17N3O2S2. The van der Waals surface area contributed by atoms with Gasteiger partial charge < -0.3 is 10.1 Å². The van der Waals surface area contributed by atoms with E-state index in [4.69, 9.17) is 4.74 Å². The van der Waals surface area contributed by atoms with Crippen LogP contribution in [0.1, 0.15) is 20.8 Å². The molecule has 4 aromatic rings. The summed E-state index contributed by atoms with van der Waals surface area (Å²) in [6.07, 6.45) is 1.97. The number of carbonyl (C=O) groups is 1. The van der Waals surface area contributed by atoms with E-state index in [-0.39, 0.29) is 5.91 Å². The minimum absolute atomic E-state index is 0.0860. The number of ether oxygens (including phenoxy) is 1. The van der Waals surface area contributed by atoms with Gasteiger partial charge >= 0.3 is 0 Å². The van der Waals surface area contributed by atoms with E-state index in [9.17, 15) is 4.79 Å². The number of imidazole rings is 1. The van der Waals surface area contributed by atoms with Crippen LogP contribution in [-0.4, -0.2) is 28.4 Å². The first kappa shape index (κ1) is 16.1. The number of carbonyl (C=O) groups excluding carboxylic acids is 1. The molecule has 0 radical (unpaired) electrons. The van der Waals surface area contributed by atoms with Gasteiger partial charge in [-0.3, -0.25) is 9.20 Å². The van der Waals surface area contributed by atoms with Gasteiger partial charge in [0.1, 0.15) is 17.2 Å². The van der Waals surface area contributed by atoms with E-state index in [1.54, 1.807) is 11.3 Å². The van der Waals surface area contributed by atoms with Gasteiger partial charge in [0.05, 0.1) is 16.9 Å². The maximum atomic E-state index is 12.3. The van der Waals surface area contributed by atoms with Crippen molar-refractivity contribution in [1.82, 2.24) is 14.7 Å². The number of thiophene rings is 1. The summed E-state index contributed by atoms with van der Waals surface area (Å²) in [5.41, 5.74) is 3.19. The topological polar surface area (TPSA) is 55.6 Å². The molecule has 7 heteroatoms. The molecule has 0 unspecified atom stereocenters. The largest absolute Gasteiger partial charge is 0.491 e. The molecule has 1 N–H and O–H groups in total. The smallest absolute Gasteiger partial charge is 0.261 e. The molecule has 1 amide bonds. The summed E-state index contributed by atoms with van der Waals surface area (Å²) in [6, 6.07) is 7.95. The lowest BCUT2D eigenvalue weighted by atomic mass is 10.1. The van der Waals surface area contributed by atoms with Crippen molar-refractivity contribution in [2.75, 3.05) is 13.2 Å². The summed E-state index contributed by atoms with van der Waals surface area (Å²) in [4.78, 5) is 19.4. The quantitative estimate of drug-likeness (QED) is 0.539. The van der Waals surface area contributed by atoms with Crippen LogP contribution < -0.4 is 10.1 Å². The Morgan fingerprint density at radius 3 is 2.92 bits per heavy atom. The first-order valence-electron chi connectivity index (χ1n) is 7.96. The van der Waals surface area contributed by atoms with Gasteiger partial charge in [-0.2, -0.15) is 0 Å². The van der Waals surface area contributed by atoms with Crippen LogP contribution in [0.25, 0.3) is 15.3 Å². The second kappa shape index (κ2) is 6.50. The van der Waals surface area contributed by atoms with Gasteiger partial charge in [-0.15, -0.1) is 22.7 Å². The number of thiazole rings is 1. The van der Waals surface area contributed by atoms with Gasteiger partial charge in [0.15, 0.2) is 4.96 Å². The lowest BCUT2D eigenvalue weighted by Gasteiger charge is -2.12. The van der Waals surface area contributed by atoms with E-state index >= 15 is 0 Å². The molecule has 0 aliphatic carbocycles. The van der Waals surface area contributed by atoms with Crippen molar-refractivity contribution in [1.29, 1.82) is 0 Å². The number of hydrogen-bond acceptors (Lipinski definition) is 5. The molecule has 3 aromatic heterocycles. The fourth-order valence-electron chi connectivity index (χ4n) is 2.79. The fourth-order valence-corrected chi connectivity index (χ4v) is 4.51. The zero-order chi connectivity index (χ0) is 17.4. The number of benzene rings is 1. The normalized spacial score (nSPS) is 11.3. The number of amides is 1. The molecule has 1 aromatic carbocycles. The van der Waals surface area contributed by atoms with Crippen molar-refractivity contribution in [3.63, 3.8) is 0 Å². The van der Waals surface area contributed by atoms with Crippen LogP contribution in [-0.2, 0) is 0 Å². The summed E-state index contributed by atoms with van der Waals surface area (Å²) in [7, 11) is 0. The molecule has 0 saturated carbocycles. The molecule has 0 saturated heterocycles. The van der Waals surface area contributed by atoms with Crippen LogP contribution in [0.15, 0.2) is 35.8 Å². The van der Waals surface area contributed by atoms with Crippen molar-refractivity contribution in [2.45, 2.75) is 13.8 Å². The number of aromatic nitrogens is 2. The summed E-state index contributed by atoms with van der Waals surface area (Å²) in [5.74, 6) is 0.809. The van der Waals surface area contributed by atoms with E-state index < -0.39 is 0 Å². The monoisotopic (exact) mass is 371 g/mol. The van der Waals surface area contributed by atoms with E-state index in [1.807, 2.05) is 54.1 Å². The third-order valence-corrected chi connectivity index (χ3v) is 5.78.